The molecule has 0 bridgehead atoms. The molecule has 2 unspecified atom stereocenters. The molecule has 11 nitrogen and oxygen atoms in total. The third kappa shape index (κ3) is 18.5. The van der Waals surface area contributed by atoms with Crippen LogP contribution in [-0.2, 0) is 28.6 Å². The summed E-state index contributed by atoms with van der Waals surface area (Å²) in [5.41, 5.74) is 6.30. The Morgan fingerprint density at radius 1 is 1.00 bits per heavy atom. The highest BCUT2D eigenvalue weighted by Crippen LogP contribution is 2.42. The third-order valence-corrected chi connectivity index (χ3v) is 9.17. The number of aromatic nitrogens is 1. The number of carbonyl (C=O) groups excluding carboxylic acids is 3. The molecule has 2 atom stereocenters. The van der Waals surface area contributed by atoms with Crippen molar-refractivity contribution in [2.75, 3.05) is 32.0 Å². The molecule has 1 aromatic heterocycles. The first-order valence-corrected chi connectivity index (χ1v) is 16.6. The summed E-state index contributed by atoms with van der Waals surface area (Å²) in [6, 6.07) is 3.69. The predicted molar refractivity (Wildman–Crippen MR) is 168 cm³/mol. The lowest BCUT2D eigenvalue weighted by Crippen LogP contribution is -2.36. The normalized spacial score (nSPS) is 13.2. The number of nitrogens with zero attached hydrogens (tertiary/aromatic N) is 1. The number of esters is 1. The lowest BCUT2D eigenvalue weighted by molar-refractivity contribution is -0.223. The van der Waals surface area contributed by atoms with Gasteiger partial charge in [0.2, 0.25) is 11.8 Å². The van der Waals surface area contributed by atoms with Gasteiger partial charge in [-0.15, -0.1) is 0 Å². The summed E-state index contributed by atoms with van der Waals surface area (Å²) in [5.74, 6) is -0.553. The second kappa shape index (κ2) is 20.8. The van der Waals surface area contributed by atoms with Crippen LogP contribution in [0.4, 0.5) is 5.69 Å². The van der Waals surface area contributed by atoms with Gasteiger partial charge in [-0.05, 0) is 75.8 Å². The van der Waals surface area contributed by atoms with Crippen LogP contribution >= 0.6 is 21.6 Å². The largest absolute Gasteiger partial charge is 0.460 e. The minimum atomic E-state index is -0.778. The van der Waals surface area contributed by atoms with E-state index in [1.54, 1.807) is 27.8 Å². The zero-order valence-electron chi connectivity index (χ0n) is 25.9. The van der Waals surface area contributed by atoms with E-state index in [-0.39, 0.29) is 54.6 Å². The first kappa shape index (κ1) is 38.0. The topological polar surface area (TPSA) is 162 Å². The number of hydrogen-bond acceptors (Lipinski definition) is 11. The average Bonchev–Trinajstić information content (AvgIpc) is 2.92. The van der Waals surface area contributed by atoms with E-state index < -0.39 is 18.4 Å². The quantitative estimate of drug-likeness (QED) is 0.0632. The van der Waals surface area contributed by atoms with Crippen LogP contribution in [0.15, 0.2) is 23.4 Å². The molecule has 0 fully saturated rings. The number of hydrogen-bond donors (Lipinski definition) is 4. The highest BCUT2D eigenvalue weighted by atomic mass is 33.1. The van der Waals surface area contributed by atoms with Gasteiger partial charge in [-0.3, -0.25) is 14.4 Å². The fourth-order valence-electron chi connectivity index (χ4n) is 3.42. The van der Waals surface area contributed by atoms with Crippen LogP contribution < -0.4 is 16.4 Å². The van der Waals surface area contributed by atoms with Crippen LogP contribution in [0.5, 0.6) is 0 Å². The van der Waals surface area contributed by atoms with Gasteiger partial charge < -0.3 is 35.7 Å². The van der Waals surface area contributed by atoms with Gasteiger partial charge in [0, 0.05) is 37.1 Å². The number of carbonyl (C=O) groups is 3. The van der Waals surface area contributed by atoms with Gasteiger partial charge in [0.1, 0.15) is 11.6 Å². The molecule has 0 aliphatic carbocycles. The van der Waals surface area contributed by atoms with Crippen molar-refractivity contribution >= 4 is 45.1 Å². The first-order valence-electron chi connectivity index (χ1n) is 14.5. The molecular formula is C29H50N4O7S2. The Kier molecular flexibility index (Phi) is 18.8. The van der Waals surface area contributed by atoms with Crippen molar-refractivity contribution in [3.05, 3.63) is 18.3 Å². The maximum absolute atomic E-state index is 12.2. The number of nitrogen functional groups attached to an aromatic ring is 1. The Hall–Kier alpha value is -2.06. The molecule has 2 amide bonds. The van der Waals surface area contributed by atoms with Crippen molar-refractivity contribution in [2.45, 2.75) is 108 Å². The number of pyridine rings is 1. The summed E-state index contributed by atoms with van der Waals surface area (Å²) < 4.78 is 16.6. The lowest BCUT2D eigenvalue weighted by Gasteiger charge is -2.27. The molecule has 1 heterocycles. The number of rotatable bonds is 22. The average molecular weight is 631 g/mol. The van der Waals surface area contributed by atoms with Crippen LogP contribution in [0.3, 0.4) is 0 Å². The van der Waals surface area contributed by atoms with E-state index in [0.717, 1.165) is 5.03 Å². The van der Waals surface area contributed by atoms with E-state index in [9.17, 15) is 19.5 Å². The van der Waals surface area contributed by atoms with Gasteiger partial charge in [0.25, 0.3) is 0 Å². The van der Waals surface area contributed by atoms with Gasteiger partial charge >= 0.3 is 5.97 Å². The Bertz CT molecular complexity index is 933. The zero-order chi connectivity index (χ0) is 31.5. The summed E-state index contributed by atoms with van der Waals surface area (Å²) >= 11 is 0. The number of ether oxygens (including phenoxy) is 3. The molecule has 0 spiro atoms. The van der Waals surface area contributed by atoms with E-state index in [1.807, 2.05) is 39.8 Å². The van der Waals surface area contributed by atoms with Crippen molar-refractivity contribution in [1.82, 2.24) is 15.6 Å². The van der Waals surface area contributed by atoms with E-state index in [2.05, 4.69) is 29.5 Å². The molecule has 0 aliphatic rings. The summed E-state index contributed by atoms with van der Waals surface area (Å²) in [6.45, 7) is 12.4. The molecule has 13 heteroatoms. The van der Waals surface area contributed by atoms with Crippen LogP contribution in [0.2, 0.25) is 0 Å². The van der Waals surface area contributed by atoms with Crippen LogP contribution in [0.1, 0.15) is 80.1 Å². The van der Waals surface area contributed by atoms with Crippen LogP contribution in [0.25, 0.3) is 0 Å². The number of aliphatic hydroxyl groups excluding tert-OH is 1. The molecule has 1 rings (SSSR count). The summed E-state index contributed by atoms with van der Waals surface area (Å²) in [6.07, 6.45) is 2.65. The Labute approximate surface area is 258 Å². The molecule has 0 saturated carbocycles. The van der Waals surface area contributed by atoms with E-state index >= 15 is 0 Å². The fraction of sp³-hybridized carbons (Fsp3) is 0.724. The molecule has 1 aromatic rings. The third-order valence-electron chi connectivity index (χ3n) is 5.90. The van der Waals surface area contributed by atoms with Gasteiger partial charge in [-0.2, -0.15) is 0 Å². The lowest BCUT2D eigenvalue weighted by atomic mass is 10.1. The molecule has 0 aliphatic heterocycles. The standard InChI is InChI=1S/C29H50N4O7S2/c1-20(2)23(18-34)40-28(39-21(3)4)19-38-27(37)10-7-9-24(35)31-15-8-16-32-25(36)13-14-29(5,6)42-41-26-12-11-22(30)17-33-26/h11-12,17,20-21,23,28,34H,7-10,13-16,18-19,30H2,1-6H3,(H,31,35)(H,32,36). The molecule has 0 radical (unpaired) electrons. The number of anilines is 1. The van der Waals surface area contributed by atoms with Gasteiger partial charge in [0.05, 0.1) is 30.7 Å². The van der Waals surface area contributed by atoms with Crippen molar-refractivity contribution in [3.63, 3.8) is 0 Å². The fourth-order valence-corrected chi connectivity index (χ4v) is 5.61. The van der Waals surface area contributed by atoms with Crippen molar-refractivity contribution < 1.29 is 33.7 Å². The Balaban J connectivity index is 2.15. The SMILES string of the molecule is CC(C)OC(COC(=O)CCCC(=O)NCCCNC(=O)CCC(C)(C)SSc1ccc(N)cn1)OC(CO)C(C)C. The van der Waals surface area contributed by atoms with E-state index in [1.165, 1.54) is 0 Å². The van der Waals surface area contributed by atoms with Gasteiger partial charge in [0.15, 0.2) is 6.29 Å². The number of amides is 2. The monoisotopic (exact) mass is 630 g/mol. The maximum atomic E-state index is 12.2. The predicted octanol–water partition coefficient (Wildman–Crippen LogP) is 4.08. The molecule has 0 aromatic carbocycles. The molecular weight excluding hydrogens is 580 g/mol. The highest BCUT2D eigenvalue weighted by Gasteiger charge is 2.23. The number of aliphatic hydroxyl groups is 1. The number of nitrogens with two attached hydrogens (primary N) is 1. The summed E-state index contributed by atoms with van der Waals surface area (Å²) in [7, 11) is 3.23. The number of nitrogens with one attached hydrogen (secondary N) is 2. The van der Waals surface area contributed by atoms with Gasteiger partial charge in [-0.1, -0.05) is 24.6 Å². The van der Waals surface area contributed by atoms with Gasteiger partial charge in [-0.25, -0.2) is 4.98 Å². The van der Waals surface area contributed by atoms with Crippen molar-refractivity contribution in [3.8, 4) is 0 Å². The Morgan fingerprint density at radius 2 is 1.67 bits per heavy atom. The summed E-state index contributed by atoms with van der Waals surface area (Å²) in [5, 5.41) is 16.1. The zero-order valence-corrected chi connectivity index (χ0v) is 27.5. The van der Waals surface area contributed by atoms with E-state index in [4.69, 9.17) is 19.9 Å². The summed E-state index contributed by atoms with van der Waals surface area (Å²) in [4.78, 5) is 40.7. The maximum Gasteiger partial charge on any atom is 0.305 e. The second-order valence-electron chi connectivity index (χ2n) is 11.2. The Morgan fingerprint density at radius 3 is 2.24 bits per heavy atom. The molecule has 42 heavy (non-hydrogen) atoms. The minimum absolute atomic E-state index is 0.0216. The highest BCUT2D eigenvalue weighted by molar-refractivity contribution is 8.77. The van der Waals surface area contributed by atoms with E-state index in [0.29, 0.717) is 44.5 Å². The van der Waals surface area contributed by atoms with Crippen LogP contribution in [0, 0.1) is 5.92 Å². The second-order valence-corrected chi connectivity index (χ2v) is 14.0. The minimum Gasteiger partial charge on any atom is -0.460 e. The smallest absolute Gasteiger partial charge is 0.305 e. The van der Waals surface area contributed by atoms with Crippen molar-refractivity contribution in [2.24, 2.45) is 5.92 Å². The van der Waals surface area contributed by atoms with Crippen LogP contribution in [-0.4, -0.2) is 77.4 Å². The van der Waals surface area contributed by atoms with Crippen molar-refractivity contribution in [1.29, 1.82) is 0 Å². The molecule has 240 valence electrons. The molecule has 0 saturated heterocycles. The first-order chi connectivity index (χ1) is 19.8. The molecule has 5 N–H and O–H groups in total.